The molecule has 2 aromatic rings. The summed E-state index contributed by atoms with van der Waals surface area (Å²) in [5.41, 5.74) is 2.76. The molecule has 0 saturated carbocycles. The third-order valence-electron chi connectivity index (χ3n) is 6.39. The monoisotopic (exact) mass is 469 g/mol. The molecular weight excluding hydrogens is 440 g/mol. The van der Waals surface area contributed by atoms with Crippen molar-refractivity contribution in [3.63, 3.8) is 0 Å². The summed E-state index contributed by atoms with van der Waals surface area (Å²) in [6, 6.07) is 14.1. The largest absolute Gasteiger partial charge is 1.00 e. The lowest BCUT2D eigenvalue weighted by molar-refractivity contribution is -0.113. The highest BCUT2D eigenvalue weighted by molar-refractivity contribution is 6.06. The summed E-state index contributed by atoms with van der Waals surface area (Å²) < 4.78 is 16.0. The summed E-state index contributed by atoms with van der Waals surface area (Å²) in [5.74, 6) is 1.96. The second-order valence-electron chi connectivity index (χ2n) is 8.15. The molecule has 2 aliphatic heterocycles. The Morgan fingerprint density at radius 1 is 1.00 bits per heavy atom. The number of fused-ring (bicyclic) bond motifs is 2. The van der Waals surface area contributed by atoms with Crippen LogP contribution >= 0.6 is 0 Å². The molecule has 1 fully saturated rings. The van der Waals surface area contributed by atoms with Gasteiger partial charge in [-0.2, -0.15) is 0 Å². The van der Waals surface area contributed by atoms with Gasteiger partial charge >= 0.3 is 0 Å². The molecule has 2 aromatic carbocycles. The Kier molecular flexibility index (Phi) is 8.06. The van der Waals surface area contributed by atoms with Gasteiger partial charge in [-0.25, -0.2) is 0 Å². The van der Waals surface area contributed by atoms with Gasteiger partial charge in [0.05, 0.1) is 21.3 Å². The van der Waals surface area contributed by atoms with Crippen LogP contribution in [0.3, 0.4) is 0 Å². The number of methoxy groups -OCH3 is 3. The SMILES string of the molecule is COc1ccc(N(C(=O)/C=C/c2ccc(OC)c(OC)c2)C2=CC3CCC(C2)N3C)cc1.[Cl-]. The molecule has 176 valence electrons. The zero-order chi connectivity index (χ0) is 22.7. The van der Waals surface area contributed by atoms with Gasteiger partial charge in [-0.15, -0.1) is 0 Å². The van der Waals surface area contributed by atoms with Gasteiger partial charge in [0.25, 0.3) is 5.91 Å². The lowest BCUT2D eigenvalue weighted by Crippen LogP contribution is -3.00. The van der Waals surface area contributed by atoms with Crippen molar-refractivity contribution in [2.24, 2.45) is 0 Å². The topological polar surface area (TPSA) is 51.2 Å². The summed E-state index contributed by atoms with van der Waals surface area (Å²) in [6.07, 6.45) is 8.83. The van der Waals surface area contributed by atoms with Gasteiger partial charge in [-0.3, -0.25) is 14.6 Å². The molecule has 0 N–H and O–H groups in total. The number of benzene rings is 2. The third kappa shape index (κ3) is 5.18. The minimum absolute atomic E-state index is 0. The van der Waals surface area contributed by atoms with Gasteiger partial charge in [0.1, 0.15) is 5.75 Å². The van der Waals surface area contributed by atoms with Crippen LogP contribution in [0.4, 0.5) is 5.69 Å². The molecule has 0 radical (unpaired) electrons. The minimum atomic E-state index is -0.0832. The molecule has 33 heavy (non-hydrogen) atoms. The third-order valence-corrected chi connectivity index (χ3v) is 6.39. The van der Waals surface area contributed by atoms with Gasteiger partial charge in [-0.05, 0) is 74.0 Å². The first-order valence-corrected chi connectivity index (χ1v) is 10.8. The maximum Gasteiger partial charge on any atom is 0.255 e. The van der Waals surface area contributed by atoms with Gasteiger partial charge < -0.3 is 26.6 Å². The van der Waals surface area contributed by atoms with E-state index in [1.54, 1.807) is 27.4 Å². The average Bonchev–Trinajstić information content (AvgIpc) is 3.02. The van der Waals surface area contributed by atoms with E-state index in [4.69, 9.17) is 14.2 Å². The molecule has 0 aromatic heterocycles. The van der Waals surface area contributed by atoms with Crippen LogP contribution in [0.2, 0.25) is 0 Å². The first-order valence-electron chi connectivity index (χ1n) is 10.8. The van der Waals surface area contributed by atoms with E-state index in [1.165, 1.54) is 0 Å². The predicted octanol–water partition coefficient (Wildman–Crippen LogP) is 1.51. The van der Waals surface area contributed by atoms with Crippen molar-refractivity contribution in [1.29, 1.82) is 0 Å². The number of hydrogen-bond acceptors (Lipinski definition) is 5. The summed E-state index contributed by atoms with van der Waals surface area (Å²) in [5, 5.41) is 0. The van der Waals surface area contributed by atoms with Gasteiger partial charge in [0.2, 0.25) is 0 Å². The van der Waals surface area contributed by atoms with Crippen LogP contribution in [0.5, 0.6) is 17.2 Å². The summed E-state index contributed by atoms with van der Waals surface area (Å²) >= 11 is 0. The summed E-state index contributed by atoms with van der Waals surface area (Å²) in [7, 11) is 7.02. The molecule has 1 saturated heterocycles. The van der Waals surface area contributed by atoms with E-state index in [2.05, 4.69) is 18.0 Å². The number of carbonyl (C=O) groups is 1. The van der Waals surface area contributed by atoms with Crippen molar-refractivity contribution in [2.75, 3.05) is 33.3 Å². The number of hydrogen-bond donors (Lipinski definition) is 0. The van der Waals surface area contributed by atoms with Crippen molar-refractivity contribution in [1.82, 2.24) is 4.90 Å². The van der Waals surface area contributed by atoms with Crippen molar-refractivity contribution < 1.29 is 31.4 Å². The van der Waals surface area contributed by atoms with E-state index >= 15 is 0 Å². The standard InChI is InChI=1S/C26H30N2O4.ClH/c1-27-20-7-8-21(27)17-22(16-20)28(19-9-11-23(30-2)12-10-19)26(29)14-6-18-5-13-24(31-3)25(15-18)32-4;/h5-6,9-16,20-21H,7-8,17H2,1-4H3;1H/p-1/b14-6+;. The Labute approximate surface area is 201 Å². The highest BCUT2D eigenvalue weighted by Crippen LogP contribution is 2.37. The fraction of sp³-hybridized carbons (Fsp3) is 0.346. The normalized spacial score (nSPS) is 19.6. The molecule has 2 heterocycles. The van der Waals surface area contributed by atoms with E-state index in [0.29, 0.717) is 23.6 Å². The number of amides is 1. The molecule has 1 amide bonds. The van der Waals surface area contributed by atoms with E-state index in [0.717, 1.165) is 42.0 Å². The first-order chi connectivity index (χ1) is 15.5. The molecule has 4 rings (SSSR count). The van der Waals surface area contributed by atoms with Crippen LogP contribution in [0.25, 0.3) is 6.08 Å². The Balaban J connectivity index is 0.00000306. The second kappa shape index (κ2) is 10.8. The second-order valence-corrected chi connectivity index (χ2v) is 8.15. The van der Waals surface area contributed by atoms with Crippen molar-refractivity contribution in [2.45, 2.75) is 31.3 Å². The van der Waals surface area contributed by atoms with E-state index in [1.807, 2.05) is 53.4 Å². The number of likely N-dealkylation sites (N-methyl/N-ethyl adjacent to an activating group) is 1. The van der Waals surface area contributed by atoms with E-state index in [-0.39, 0.29) is 18.3 Å². The van der Waals surface area contributed by atoms with Crippen LogP contribution < -0.4 is 31.5 Å². The number of anilines is 1. The molecule has 2 unspecified atom stereocenters. The maximum absolute atomic E-state index is 13.5. The molecule has 6 nitrogen and oxygen atoms in total. The first kappa shape index (κ1) is 24.7. The quantitative estimate of drug-likeness (QED) is 0.575. The number of nitrogens with zero attached hydrogens (tertiary/aromatic N) is 2. The van der Waals surface area contributed by atoms with E-state index < -0.39 is 0 Å². The maximum atomic E-state index is 13.5. The number of ether oxygens (including phenoxy) is 3. The Bertz CT molecular complexity index is 1040. The van der Waals surface area contributed by atoms with Crippen LogP contribution in [0.15, 0.2) is 60.3 Å². The molecular formula is C26H30ClN2O4-. The number of halogens is 1. The van der Waals surface area contributed by atoms with Crippen LogP contribution in [-0.2, 0) is 4.79 Å². The Hall–Kier alpha value is -2.96. The minimum Gasteiger partial charge on any atom is -1.00 e. The zero-order valence-corrected chi connectivity index (χ0v) is 20.2. The fourth-order valence-corrected chi connectivity index (χ4v) is 4.55. The molecule has 2 aliphatic rings. The van der Waals surface area contributed by atoms with Crippen LogP contribution in [0.1, 0.15) is 24.8 Å². The fourth-order valence-electron chi connectivity index (χ4n) is 4.55. The van der Waals surface area contributed by atoms with Crippen molar-refractivity contribution in [3.05, 3.63) is 65.9 Å². The Morgan fingerprint density at radius 2 is 1.73 bits per heavy atom. The number of rotatable bonds is 7. The van der Waals surface area contributed by atoms with Crippen molar-refractivity contribution in [3.8, 4) is 17.2 Å². The molecule has 0 aliphatic carbocycles. The summed E-state index contributed by atoms with van der Waals surface area (Å²) in [4.78, 5) is 17.7. The van der Waals surface area contributed by atoms with Gasteiger partial charge in [0.15, 0.2) is 11.5 Å². The summed E-state index contributed by atoms with van der Waals surface area (Å²) in [6.45, 7) is 0. The number of carbonyl (C=O) groups excluding carboxylic acids is 1. The average molecular weight is 470 g/mol. The van der Waals surface area contributed by atoms with Crippen molar-refractivity contribution >= 4 is 17.7 Å². The van der Waals surface area contributed by atoms with Crippen LogP contribution in [0, 0.1) is 0 Å². The van der Waals surface area contributed by atoms with E-state index in [9.17, 15) is 4.79 Å². The van der Waals surface area contributed by atoms with Crippen LogP contribution in [-0.4, -0.2) is 51.3 Å². The predicted molar refractivity (Wildman–Crippen MR) is 126 cm³/mol. The lowest BCUT2D eigenvalue weighted by Gasteiger charge is -2.35. The smallest absolute Gasteiger partial charge is 0.255 e. The Morgan fingerprint density at radius 3 is 2.36 bits per heavy atom. The molecule has 7 heteroatoms. The molecule has 2 bridgehead atoms. The highest BCUT2D eigenvalue weighted by Gasteiger charge is 2.36. The highest BCUT2D eigenvalue weighted by atomic mass is 35.5. The van der Waals surface area contributed by atoms with Gasteiger partial charge in [0, 0.05) is 36.0 Å². The molecule has 0 spiro atoms. The zero-order valence-electron chi connectivity index (χ0n) is 19.5. The molecule has 2 atom stereocenters. The lowest BCUT2D eigenvalue weighted by atomic mass is 10.0. The van der Waals surface area contributed by atoms with Gasteiger partial charge in [-0.1, -0.05) is 6.07 Å².